The monoisotopic (exact) mass is 443 g/mol. The van der Waals surface area contributed by atoms with Crippen LogP contribution in [0.5, 0.6) is 0 Å². The maximum Gasteiger partial charge on any atom is 0.410 e. The summed E-state index contributed by atoms with van der Waals surface area (Å²) in [7, 11) is 0. The smallest absolute Gasteiger partial charge is 0.410 e. The minimum atomic E-state index is -0.590. The Hall–Kier alpha value is -3.23. The molecule has 1 aliphatic rings. The minimum absolute atomic E-state index is 0.0433. The molecule has 0 aliphatic carbocycles. The van der Waals surface area contributed by atoms with Crippen LogP contribution in [0, 0.1) is 5.82 Å². The highest BCUT2D eigenvalue weighted by atomic mass is 19.1. The molecule has 1 atom stereocenters. The van der Waals surface area contributed by atoms with Gasteiger partial charge < -0.3 is 20.7 Å². The van der Waals surface area contributed by atoms with Crippen LogP contribution >= 0.6 is 0 Å². The molecule has 0 saturated carbocycles. The van der Waals surface area contributed by atoms with Gasteiger partial charge in [0.25, 0.3) is 5.91 Å². The van der Waals surface area contributed by atoms with E-state index in [2.05, 4.69) is 15.3 Å². The molecule has 32 heavy (non-hydrogen) atoms. The first kappa shape index (κ1) is 23.4. The number of anilines is 1. The molecule has 0 spiro atoms. The average Bonchev–Trinajstić information content (AvgIpc) is 2.95. The van der Waals surface area contributed by atoms with Crippen LogP contribution in [0.3, 0.4) is 0 Å². The predicted molar refractivity (Wildman–Crippen MR) is 119 cm³/mol. The number of halogens is 1. The molecule has 0 bridgehead atoms. The van der Waals surface area contributed by atoms with Crippen LogP contribution in [0.25, 0.3) is 0 Å². The van der Waals surface area contributed by atoms with Crippen molar-refractivity contribution in [2.24, 2.45) is 0 Å². The van der Waals surface area contributed by atoms with E-state index in [1.807, 2.05) is 26.8 Å². The summed E-state index contributed by atoms with van der Waals surface area (Å²) in [4.78, 5) is 34.9. The van der Waals surface area contributed by atoms with Gasteiger partial charge in [-0.3, -0.25) is 4.79 Å². The van der Waals surface area contributed by atoms with Gasteiger partial charge in [-0.25, -0.2) is 19.2 Å². The van der Waals surface area contributed by atoms with Crippen molar-refractivity contribution in [1.82, 2.24) is 20.2 Å². The fourth-order valence-electron chi connectivity index (χ4n) is 3.95. The lowest BCUT2D eigenvalue weighted by Crippen LogP contribution is -2.43. The van der Waals surface area contributed by atoms with E-state index in [4.69, 9.17) is 10.5 Å². The summed E-state index contributed by atoms with van der Waals surface area (Å²) in [5.74, 6) is -0.749. The van der Waals surface area contributed by atoms with Crippen molar-refractivity contribution in [3.8, 4) is 0 Å². The van der Waals surface area contributed by atoms with Gasteiger partial charge in [0.1, 0.15) is 11.4 Å². The Morgan fingerprint density at radius 1 is 1.22 bits per heavy atom. The van der Waals surface area contributed by atoms with Crippen LogP contribution in [0.1, 0.15) is 56.1 Å². The van der Waals surface area contributed by atoms with Crippen molar-refractivity contribution in [3.05, 3.63) is 53.7 Å². The second-order valence-electron chi connectivity index (χ2n) is 9.08. The number of nitrogen functional groups attached to an aromatic ring is 1. The summed E-state index contributed by atoms with van der Waals surface area (Å²) >= 11 is 0. The van der Waals surface area contributed by atoms with Gasteiger partial charge >= 0.3 is 6.09 Å². The standard InChI is InChI=1S/C23H30FN5O3/c1-22(2,3)32-21(31)29-12-5-8-23(9-13-29,16-6-4-7-17(24)14-16)15-28-20(30)18-19(25)27-11-10-26-18/h4,6-7,10-11,14H,5,8-9,12-13,15H2,1-3H3,(H2,25,27)(H,28,30). The summed E-state index contributed by atoms with van der Waals surface area (Å²) in [6, 6.07) is 6.40. The molecule has 172 valence electrons. The quantitative estimate of drug-likeness (QED) is 0.750. The van der Waals surface area contributed by atoms with E-state index in [1.54, 1.807) is 11.0 Å². The Morgan fingerprint density at radius 3 is 2.66 bits per heavy atom. The molecule has 1 aliphatic heterocycles. The fourth-order valence-corrected chi connectivity index (χ4v) is 3.95. The number of rotatable bonds is 4. The van der Waals surface area contributed by atoms with Gasteiger partial charge in [-0.1, -0.05) is 12.1 Å². The van der Waals surface area contributed by atoms with Crippen LogP contribution in [0.2, 0.25) is 0 Å². The molecule has 2 amide bonds. The predicted octanol–water partition coefficient (Wildman–Crippen LogP) is 3.29. The van der Waals surface area contributed by atoms with Gasteiger partial charge in [-0.05, 0) is 57.7 Å². The van der Waals surface area contributed by atoms with Crippen molar-refractivity contribution in [2.45, 2.75) is 51.0 Å². The lowest BCUT2D eigenvalue weighted by atomic mass is 9.74. The second-order valence-corrected chi connectivity index (χ2v) is 9.08. The molecule has 1 saturated heterocycles. The number of carbonyl (C=O) groups excluding carboxylic acids is 2. The molecule has 2 heterocycles. The maximum absolute atomic E-state index is 14.1. The molecular formula is C23H30FN5O3. The highest BCUT2D eigenvalue weighted by Crippen LogP contribution is 2.36. The summed E-state index contributed by atoms with van der Waals surface area (Å²) in [5, 5.41) is 2.90. The summed E-state index contributed by atoms with van der Waals surface area (Å²) in [5.41, 5.74) is 5.45. The molecule has 8 nitrogen and oxygen atoms in total. The molecule has 1 fully saturated rings. The van der Waals surface area contributed by atoms with Gasteiger partial charge in [0.15, 0.2) is 11.5 Å². The first-order chi connectivity index (χ1) is 15.1. The number of nitrogens with two attached hydrogens (primary N) is 1. The number of nitrogens with one attached hydrogen (secondary N) is 1. The van der Waals surface area contributed by atoms with Crippen LogP contribution in [0.4, 0.5) is 15.0 Å². The molecule has 2 aromatic rings. The van der Waals surface area contributed by atoms with E-state index in [0.29, 0.717) is 32.4 Å². The number of benzene rings is 1. The summed E-state index contributed by atoms with van der Waals surface area (Å²) in [6.45, 7) is 6.67. The maximum atomic E-state index is 14.1. The Balaban J connectivity index is 1.82. The number of hydrogen-bond acceptors (Lipinski definition) is 6. The number of hydrogen-bond donors (Lipinski definition) is 2. The lowest BCUT2D eigenvalue weighted by Gasteiger charge is -2.34. The number of ether oxygens (including phenoxy) is 1. The first-order valence-electron chi connectivity index (χ1n) is 10.7. The Labute approximate surface area is 187 Å². The normalized spacial score (nSPS) is 19.2. The SMILES string of the molecule is CC(C)(C)OC(=O)N1CCCC(CNC(=O)c2nccnc2N)(c2cccc(F)c2)CC1. The van der Waals surface area contributed by atoms with Crippen LogP contribution in [-0.4, -0.2) is 52.1 Å². The number of likely N-dealkylation sites (tertiary alicyclic amines) is 1. The summed E-state index contributed by atoms with van der Waals surface area (Å²) in [6.07, 6.45) is 4.31. The lowest BCUT2D eigenvalue weighted by molar-refractivity contribution is 0.0253. The number of carbonyl (C=O) groups is 2. The Kier molecular flexibility index (Phi) is 6.96. The van der Waals surface area contributed by atoms with E-state index >= 15 is 0 Å². The third kappa shape index (κ3) is 5.72. The van der Waals surface area contributed by atoms with Gasteiger partial charge in [0.05, 0.1) is 0 Å². The highest BCUT2D eigenvalue weighted by Gasteiger charge is 2.37. The van der Waals surface area contributed by atoms with E-state index in [1.165, 1.54) is 24.5 Å². The van der Waals surface area contributed by atoms with E-state index in [0.717, 1.165) is 5.56 Å². The molecular weight excluding hydrogens is 413 g/mol. The van der Waals surface area contributed by atoms with E-state index in [9.17, 15) is 14.0 Å². The Morgan fingerprint density at radius 2 is 1.97 bits per heavy atom. The van der Waals surface area contributed by atoms with Crippen molar-refractivity contribution in [1.29, 1.82) is 0 Å². The summed E-state index contributed by atoms with van der Waals surface area (Å²) < 4.78 is 19.6. The number of amides is 2. The molecule has 1 unspecified atom stereocenters. The zero-order valence-electron chi connectivity index (χ0n) is 18.7. The molecule has 9 heteroatoms. The third-order valence-electron chi connectivity index (χ3n) is 5.56. The zero-order valence-corrected chi connectivity index (χ0v) is 18.7. The van der Waals surface area contributed by atoms with Crippen LogP contribution in [-0.2, 0) is 10.2 Å². The topological polar surface area (TPSA) is 110 Å². The van der Waals surface area contributed by atoms with Gasteiger partial charge in [0.2, 0.25) is 0 Å². The zero-order chi connectivity index (χ0) is 23.4. The first-order valence-corrected chi connectivity index (χ1v) is 10.7. The van der Waals surface area contributed by atoms with Gasteiger partial charge in [-0.15, -0.1) is 0 Å². The van der Waals surface area contributed by atoms with Crippen molar-refractivity contribution < 1.29 is 18.7 Å². The third-order valence-corrected chi connectivity index (χ3v) is 5.56. The molecule has 0 radical (unpaired) electrons. The molecule has 3 rings (SSSR count). The van der Waals surface area contributed by atoms with E-state index < -0.39 is 16.9 Å². The average molecular weight is 444 g/mol. The van der Waals surface area contributed by atoms with Crippen molar-refractivity contribution in [3.63, 3.8) is 0 Å². The highest BCUT2D eigenvalue weighted by molar-refractivity contribution is 5.96. The van der Waals surface area contributed by atoms with Gasteiger partial charge in [0, 0.05) is 37.4 Å². The van der Waals surface area contributed by atoms with Crippen LogP contribution < -0.4 is 11.1 Å². The van der Waals surface area contributed by atoms with Crippen molar-refractivity contribution in [2.75, 3.05) is 25.4 Å². The van der Waals surface area contributed by atoms with Gasteiger partial charge in [-0.2, -0.15) is 0 Å². The molecule has 1 aromatic carbocycles. The Bertz CT molecular complexity index is 978. The largest absolute Gasteiger partial charge is 0.444 e. The number of aromatic nitrogens is 2. The fraction of sp³-hybridized carbons (Fsp3) is 0.478. The van der Waals surface area contributed by atoms with E-state index in [-0.39, 0.29) is 30.0 Å². The minimum Gasteiger partial charge on any atom is -0.444 e. The molecule has 3 N–H and O–H groups in total. The number of nitrogens with zero attached hydrogens (tertiary/aromatic N) is 3. The van der Waals surface area contributed by atoms with Crippen molar-refractivity contribution >= 4 is 17.8 Å². The second kappa shape index (κ2) is 9.50. The molecule has 1 aromatic heterocycles. The van der Waals surface area contributed by atoms with Crippen LogP contribution in [0.15, 0.2) is 36.7 Å².